The number of Topliss-reactive ketones (excluding diaryl/α,β-unsaturated/α-hetero) is 4. The highest BCUT2D eigenvalue weighted by atomic mass is 127. The smallest absolute Gasteiger partial charge is 0.326 e. The first kappa shape index (κ1) is 95.8. The molecule has 1 fully saturated rings. The SMILES string of the molecule is CN1CCN(C)CCN(CC(=O)NC(CCC(=O)CC(Cc2ccccc2)C(=O)NC(Cc2ccccc2)C(=O)CC(CCCCCC(=O)CCCCCCC(=O)NCCCCCNC(=O)NC(CCC(=O)O)C(=O)O)C(=O)O)C(=O)NC(CCCCCC(=O)CCCc2ccc(I)cc2)C(=O)O)CCN(CC(=O)O)CC1. The van der Waals surface area contributed by atoms with Gasteiger partial charge in [-0.1, -0.05) is 111 Å². The molecule has 0 aromatic heterocycles. The van der Waals surface area contributed by atoms with Gasteiger partial charge in [-0.05, 0) is 162 Å². The van der Waals surface area contributed by atoms with Gasteiger partial charge >= 0.3 is 35.9 Å². The average Bonchev–Trinajstić information content (AvgIpc) is 0.851. The maximum absolute atomic E-state index is 14.8. The second-order valence-corrected chi connectivity index (χ2v) is 30.7. The molecule has 0 aliphatic carbocycles. The lowest BCUT2D eigenvalue weighted by Gasteiger charge is -2.31. The summed E-state index contributed by atoms with van der Waals surface area (Å²) in [5, 5.41) is 64.5. The number of carboxylic acids is 5. The van der Waals surface area contributed by atoms with E-state index in [0.717, 1.165) is 34.9 Å². The van der Waals surface area contributed by atoms with Crippen molar-refractivity contribution in [2.24, 2.45) is 11.8 Å². The fraction of sp³-hybridized carbons (Fsp3) is 0.610. The number of likely N-dealkylation sites (N-methyl/N-ethyl adjacent to an activating group) is 2. The van der Waals surface area contributed by atoms with E-state index in [1.54, 1.807) is 65.6 Å². The highest BCUT2D eigenvalue weighted by Gasteiger charge is 2.33. The summed E-state index contributed by atoms with van der Waals surface area (Å²) in [7, 11) is 3.93. The van der Waals surface area contributed by atoms with E-state index in [4.69, 9.17) is 5.11 Å². The van der Waals surface area contributed by atoms with Gasteiger partial charge in [-0.3, -0.25) is 62.5 Å². The molecule has 0 spiro atoms. The van der Waals surface area contributed by atoms with Crippen molar-refractivity contribution in [3.63, 3.8) is 0 Å². The third-order valence-corrected chi connectivity index (χ3v) is 20.7. The Morgan fingerprint density at radius 1 is 0.375 bits per heavy atom. The maximum atomic E-state index is 14.8. The van der Waals surface area contributed by atoms with Gasteiger partial charge in [-0.25, -0.2) is 14.4 Å². The molecule has 1 aliphatic rings. The Balaban J connectivity index is 1.35. The molecule has 4 rings (SSSR count). The van der Waals surface area contributed by atoms with Crippen LogP contribution < -0.4 is 31.9 Å². The molecule has 6 atom stereocenters. The van der Waals surface area contributed by atoms with Gasteiger partial charge in [0.2, 0.25) is 23.6 Å². The van der Waals surface area contributed by atoms with Gasteiger partial charge < -0.3 is 67.2 Å². The van der Waals surface area contributed by atoms with Crippen molar-refractivity contribution in [2.75, 3.05) is 92.6 Å². The summed E-state index contributed by atoms with van der Waals surface area (Å²) in [6.45, 7) is 4.36. The minimum absolute atomic E-state index is 0.00613. The summed E-state index contributed by atoms with van der Waals surface area (Å²) in [6.07, 6.45) is 8.94. The van der Waals surface area contributed by atoms with Crippen molar-refractivity contribution in [1.82, 2.24) is 51.5 Å². The average molecular weight is 1680 g/mol. The lowest BCUT2D eigenvalue weighted by atomic mass is 9.89. The van der Waals surface area contributed by atoms with Gasteiger partial charge in [0.1, 0.15) is 35.5 Å². The van der Waals surface area contributed by atoms with Crippen LogP contribution in [-0.2, 0) is 81.6 Å². The van der Waals surface area contributed by atoms with Crippen LogP contribution in [0.25, 0.3) is 0 Å². The molecule has 0 saturated carbocycles. The lowest BCUT2D eigenvalue weighted by Crippen LogP contribution is -2.54. The zero-order valence-electron chi connectivity index (χ0n) is 65.4. The highest BCUT2D eigenvalue weighted by molar-refractivity contribution is 14.1. The van der Waals surface area contributed by atoms with Gasteiger partial charge in [0.15, 0.2) is 5.78 Å². The molecule has 0 radical (unpaired) electrons. The van der Waals surface area contributed by atoms with Crippen molar-refractivity contribution in [1.29, 1.82) is 0 Å². The molecule has 1 saturated heterocycles. The predicted octanol–water partition coefficient (Wildman–Crippen LogP) is 7.50. The van der Waals surface area contributed by atoms with E-state index in [1.165, 1.54) is 0 Å². The Bertz CT molecular complexity index is 3430. The van der Waals surface area contributed by atoms with Gasteiger partial charge in [0.05, 0.1) is 25.0 Å². The quantitative estimate of drug-likeness (QED) is 0.0192. The van der Waals surface area contributed by atoms with E-state index >= 15 is 0 Å². The molecular formula is C82H121IN10O19. The number of benzene rings is 3. The van der Waals surface area contributed by atoms with E-state index in [2.05, 4.69) is 64.3 Å². The van der Waals surface area contributed by atoms with E-state index < -0.39 is 114 Å². The van der Waals surface area contributed by atoms with Crippen LogP contribution in [0.1, 0.15) is 190 Å². The first-order chi connectivity index (χ1) is 53.6. The lowest BCUT2D eigenvalue weighted by molar-refractivity contribution is -0.144. The number of halogens is 1. The molecule has 30 heteroatoms. The summed E-state index contributed by atoms with van der Waals surface area (Å²) >= 11 is 2.24. The molecule has 0 bridgehead atoms. The van der Waals surface area contributed by atoms with Crippen LogP contribution in [0.3, 0.4) is 0 Å². The summed E-state index contributed by atoms with van der Waals surface area (Å²) in [5.41, 5.74) is 2.52. The number of carboxylic acid groups (broad SMARTS) is 5. The van der Waals surface area contributed by atoms with Crippen molar-refractivity contribution < 1.29 is 92.7 Å². The van der Waals surface area contributed by atoms with Crippen LogP contribution in [0.5, 0.6) is 0 Å². The molecule has 6 amide bonds. The number of amides is 6. The Hall–Kier alpha value is -8.59. The standard InChI is InChI=1S/C82H121IN10O19/c1-90-45-46-91(2)48-50-93(58-76(102)103)52-51-92(49-47-90)57-74(99)86-68(78(105)87-69(80(108)109)33-18-8-17-31-66(95)32-22-27-59-35-37-64(83)38-36-59)40-39-67(96)55-63(53-60-23-10-5-11-24-60)77(104)88-71(54-61-25-12-6-13-26-61)72(97)56-62(79(106)107)28-14-7-16-30-65(94)29-15-3-4-19-34-73(98)84-43-20-9-21-44-85-82(112)89-70(81(110)111)41-42-75(100)101/h5-6,10-13,23-26,35-38,62-63,68-71H,3-4,7-9,14-22,27-34,39-58H2,1-2H3,(H,84,98)(H,86,99)(H,87,105)(H,88,104)(H,100,101)(H,102,103)(H,106,107)(H,108,109)(H,110,111)(H2,85,89,112). The Morgan fingerprint density at radius 3 is 1.42 bits per heavy atom. The zero-order chi connectivity index (χ0) is 82.0. The highest BCUT2D eigenvalue weighted by Crippen LogP contribution is 2.22. The van der Waals surface area contributed by atoms with Crippen LogP contribution in [0.2, 0.25) is 0 Å². The minimum atomic E-state index is -1.43. The third-order valence-electron chi connectivity index (χ3n) is 20.0. The molecule has 112 heavy (non-hydrogen) atoms. The van der Waals surface area contributed by atoms with Crippen LogP contribution in [0, 0.1) is 15.4 Å². The molecule has 3 aromatic carbocycles. The molecule has 1 heterocycles. The summed E-state index contributed by atoms with van der Waals surface area (Å²) in [4.78, 5) is 190. The maximum Gasteiger partial charge on any atom is 0.326 e. The number of nitrogens with zero attached hydrogens (tertiary/aromatic N) is 4. The number of ketones is 4. The largest absolute Gasteiger partial charge is 0.481 e. The van der Waals surface area contributed by atoms with Gasteiger partial charge in [0.25, 0.3) is 0 Å². The number of urea groups is 1. The second kappa shape index (κ2) is 55.8. The number of carbonyl (C=O) groups is 14. The van der Waals surface area contributed by atoms with Crippen molar-refractivity contribution in [3.05, 3.63) is 105 Å². The van der Waals surface area contributed by atoms with Crippen LogP contribution in [0.4, 0.5) is 4.79 Å². The molecule has 11 N–H and O–H groups in total. The Labute approximate surface area is 672 Å². The predicted molar refractivity (Wildman–Crippen MR) is 430 cm³/mol. The fourth-order valence-corrected chi connectivity index (χ4v) is 13.5. The Morgan fingerprint density at radius 2 is 0.857 bits per heavy atom. The first-order valence-corrected chi connectivity index (χ1v) is 40.8. The number of carbonyl (C=O) groups excluding carboxylic acids is 9. The van der Waals surface area contributed by atoms with E-state index in [1.807, 2.05) is 43.3 Å². The van der Waals surface area contributed by atoms with Gasteiger partial charge in [-0.2, -0.15) is 0 Å². The zero-order valence-corrected chi connectivity index (χ0v) is 67.5. The van der Waals surface area contributed by atoms with Crippen LogP contribution in [-0.4, -0.2) is 245 Å². The molecule has 3 aromatic rings. The number of hydrogen-bond donors (Lipinski definition) is 11. The van der Waals surface area contributed by atoms with Crippen molar-refractivity contribution in [2.45, 2.75) is 217 Å². The number of nitrogens with one attached hydrogen (secondary N) is 6. The summed E-state index contributed by atoms with van der Waals surface area (Å²) in [5.74, 6) is -11.3. The first-order valence-electron chi connectivity index (χ1n) is 39.7. The topological polar surface area (TPSA) is 425 Å². The number of unbranched alkanes of at least 4 members (excludes halogenated alkanes) is 9. The van der Waals surface area contributed by atoms with Crippen LogP contribution >= 0.6 is 22.6 Å². The number of aryl methyl sites for hydroxylation is 1. The second-order valence-electron chi connectivity index (χ2n) is 29.5. The third kappa shape index (κ3) is 44.0. The molecule has 6 unspecified atom stereocenters. The van der Waals surface area contributed by atoms with Crippen molar-refractivity contribution in [3.8, 4) is 0 Å². The molecule has 29 nitrogen and oxygen atoms in total. The molecule has 1 aliphatic heterocycles. The van der Waals surface area contributed by atoms with Gasteiger partial charge in [-0.15, -0.1) is 0 Å². The number of aliphatic carboxylic acids is 5. The normalized spacial score (nSPS) is 14.9. The van der Waals surface area contributed by atoms with E-state index in [0.29, 0.717) is 173 Å². The minimum Gasteiger partial charge on any atom is -0.481 e. The summed E-state index contributed by atoms with van der Waals surface area (Å²) < 4.78 is 1.13. The number of hydrogen-bond acceptors (Lipinski definition) is 18. The molecule has 620 valence electrons. The number of rotatable bonds is 57. The van der Waals surface area contributed by atoms with Crippen molar-refractivity contribution >= 4 is 105 Å². The fourth-order valence-electron chi connectivity index (χ4n) is 13.1. The monoisotopic (exact) mass is 1680 g/mol. The molecular weight excluding hydrogens is 1560 g/mol. The van der Waals surface area contributed by atoms with E-state index in [-0.39, 0.29) is 88.5 Å². The van der Waals surface area contributed by atoms with E-state index in [9.17, 15) is 87.5 Å². The summed E-state index contributed by atoms with van der Waals surface area (Å²) in [6, 6.07) is 19.8. The van der Waals surface area contributed by atoms with Crippen LogP contribution in [0.15, 0.2) is 84.9 Å². The Kier molecular flexibility index (Phi) is 47.7. The van der Waals surface area contributed by atoms with Gasteiger partial charge in [0, 0.05) is 133 Å².